The number of benzene rings is 8. The molecular weight excluding hydrogens is 1170 g/mol. The highest BCUT2D eigenvalue weighted by Gasteiger charge is 2.38. The van der Waals surface area contributed by atoms with Gasteiger partial charge >= 0.3 is 0 Å². The van der Waals surface area contributed by atoms with Gasteiger partial charge in [0, 0.05) is 32.5 Å². The molecule has 0 fully saturated rings. The number of aromatic hydroxyl groups is 25. The smallest absolute Gasteiger partial charge is 0.208 e. The maximum absolute atomic E-state index is 12.9. The van der Waals surface area contributed by atoms with E-state index in [4.69, 9.17) is 0 Å². The van der Waals surface area contributed by atoms with E-state index in [-0.39, 0.29) is 31.3 Å². The standard InChI is InChI=1S/C51H41B8N3O25S/c52-14-1(2-15(53)39(80)45(86)42(83)27(2)68)23(64)18(56)12(26(14)67)50-60-49(61-51(62-50)13-19(57)25(66)6(28(69)35(13)76)7-30(71)43(84)46(87)44(85)31(7)72)11-20(58)37(78)29(70)5(22(11)63)4-17(55)36(77)32(73)9-10-34(75)41(82)33(74)8(48(10)88-47(4)9)3-16(54)38(79)40(81)21(59)24(3)65/h63-87H,52-59H2. The first-order valence-corrected chi connectivity index (χ1v) is 26.2. The van der Waals surface area contributed by atoms with Crippen LogP contribution in [0.4, 0.5) is 0 Å². The van der Waals surface area contributed by atoms with Gasteiger partial charge in [-0.05, 0) is 43.7 Å². The Bertz CT molecular complexity index is 4630. The maximum atomic E-state index is 12.9. The number of phenols is 25. The SMILES string of the molecule is Bc1c(O)c(O)c(B)c(-c2c(O)c(O)c(O)c3c2sc2c(-c4c(O)c(O)c(B)c(-c5nc(-c6c(B)c(O)c(-c7c(B)c(O)c(O)c(O)c7O)c(B)c6O)nc(-c6c(B)c(O)c(-c7c(O)c(O)c(O)c(O)c7O)c(O)c6O)n5)c4O)c(B)c(O)c(O)c23)c1O. The number of hydrogen-bond donors (Lipinski definition) is 25. The molecule has 0 radical (unpaired) electrons. The average molecular weight is 1210 g/mol. The molecule has 0 atom stereocenters. The van der Waals surface area contributed by atoms with Crippen LogP contribution in [0.1, 0.15) is 0 Å². The van der Waals surface area contributed by atoms with Crippen LogP contribution >= 0.6 is 11.3 Å². The Hall–Kier alpha value is -11.5. The quantitative estimate of drug-likeness (QED) is 0.0400. The second kappa shape index (κ2) is 19.8. The minimum absolute atomic E-state index is 0.291. The molecule has 0 aliphatic rings. The number of rotatable bonds is 7. The summed E-state index contributed by atoms with van der Waals surface area (Å²) >= 11 is 0.503. The van der Waals surface area contributed by atoms with Crippen LogP contribution in [-0.2, 0) is 0 Å². The first-order valence-electron chi connectivity index (χ1n) is 25.3. The first-order chi connectivity index (χ1) is 41.0. The summed E-state index contributed by atoms with van der Waals surface area (Å²) in [6.45, 7) is 0. The summed E-state index contributed by atoms with van der Waals surface area (Å²) in [7, 11) is 9.15. The first kappa shape index (κ1) is 59.7. The van der Waals surface area contributed by atoms with E-state index >= 15 is 0 Å². The lowest BCUT2D eigenvalue weighted by Crippen LogP contribution is -2.23. The summed E-state index contributed by atoms with van der Waals surface area (Å²) in [5.41, 5.74) is -11.0. The van der Waals surface area contributed by atoms with Crippen molar-refractivity contribution in [2.75, 3.05) is 0 Å². The normalized spacial score (nSPS) is 11.5. The Labute approximate surface area is 501 Å². The molecule has 10 aromatic rings. The number of fused-ring (bicyclic) bond motifs is 3. The third-order valence-corrected chi connectivity index (χ3v) is 17.2. The number of phenolic OH excluding ortho intramolecular Hbond substituents is 25. The molecule has 88 heavy (non-hydrogen) atoms. The number of thiophene rings is 1. The summed E-state index contributed by atoms with van der Waals surface area (Å²) in [6.07, 6.45) is 0. The molecule has 0 saturated heterocycles. The fraction of sp³-hybridized carbons (Fsp3) is 0. The van der Waals surface area contributed by atoms with E-state index < -0.39 is 255 Å². The van der Waals surface area contributed by atoms with Crippen molar-refractivity contribution >= 4 is 138 Å². The van der Waals surface area contributed by atoms with Gasteiger partial charge in [-0.3, -0.25) is 0 Å². The zero-order chi connectivity index (χ0) is 65.3. The van der Waals surface area contributed by atoms with Gasteiger partial charge < -0.3 is 128 Å². The second-order valence-electron chi connectivity index (χ2n) is 20.7. The fourth-order valence-electron chi connectivity index (χ4n) is 11.1. The van der Waals surface area contributed by atoms with Gasteiger partial charge in [-0.25, -0.2) is 15.0 Å². The van der Waals surface area contributed by atoms with Crippen LogP contribution in [0.2, 0.25) is 0 Å². The summed E-state index contributed by atoms with van der Waals surface area (Å²) in [5.74, 6) is -31.3. The van der Waals surface area contributed by atoms with Crippen molar-refractivity contribution in [1.82, 2.24) is 15.0 Å². The molecule has 28 nitrogen and oxygen atoms in total. The van der Waals surface area contributed by atoms with Gasteiger partial charge in [-0.2, -0.15) is 0 Å². The summed E-state index contributed by atoms with van der Waals surface area (Å²) in [5, 5.41) is 282. The Kier molecular flexibility index (Phi) is 13.4. The Morgan fingerprint density at radius 1 is 0.170 bits per heavy atom. The van der Waals surface area contributed by atoms with Crippen LogP contribution in [0.3, 0.4) is 0 Å². The van der Waals surface area contributed by atoms with Crippen LogP contribution in [-0.4, -0.2) is 205 Å². The van der Waals surface area contributed by atoms with E-state index in [0.717, 1.165) is 31.4 Å². The van der Waals surface area contributed by atoms with Crippen molar-refractivity contribution in [2.24, 2.45) is 0 Å². The van der Waals surface area contributed by atoms with Crippen LogP contribution < -0.4 is 43.7 Å². The summed E-state index contributed by atoms with van der Waals surface area (Å²) < 4.78 is -0.684. The molecule has 10 rings (SSSR count). The van der Waals surface area contributed by atoms with Gasteiger partial charge in [-0.15, -0.1) is 11.3 Å². The van der Waals surface area contributed by atoms with Crippen molar-refractivity contribution in [2.45, 2.75) is 0 Å². The Morgan fingerprint density at radius 2 is 0.375 bits per heavy atom. The lowest BCUT2D eigenvalue weighted by molar-refractivity contribution is 0.329. The number of hydrogen-bond acceptors (Lipinski definition) is 29. The molecule has 2 heterocycles. The third-order valence-electron chi connectivity index (χ3n) is 16.0. The molecule has 0 saturated carbocycles. The van der Waals surface area contributed by atoms with Crippen LogP contribution in [0, 0.1) is 0 Å². The molecule has 0 spiro atoms. The largest absolute Gasteiger partial charge is 0.508 e. The number of aromatic nitrogens is 3. The van der Waals surface area contributed by atoms with Gasteiger partial charge in [0.25, 0.3) is 0 Å². The highest BCUT2D eigenvalue weighted by Crippen LogP contribution is 2.62. The molecular formula is C51H41B8N3O25S. The van der Waals surface area contributed by atoms with Crippen molar-refractivity contribution in [1.29, 1.82) is 0 Å². The van der Waals surface area contributed by atoms with Crippen molar-refractivity contribution in [3.63, 3.8) is 0 Å². The molecule has 0 unspecified atom stereocenters. The predicted octanol–water partition coefficient (Wildman–Crippen LogP) is -7.38. The van der Waals surface area contributed by atoms with Gasteiger partial charge in [0.1, 0.15) is 91.5 Å². The fourth-order valence-corrected chi connectivity index (χ4v) is 12.5. The molecule has 25 N–H and O–H groups in total. The van der Waals surface area contributed by atoms with E-state index in [1.165, 1.54) is 31.4 Å². The predicted molar refractivity (Wildman–Crippen MR) is 338 cm³/mol. The van der Waals surface area contributed by atoms with Crippen LogP contribution in [0.15, 0.2) is 0 Å². The van der Waals surface area contributed by atoms with E-state index in [2.05, 4.69) is 15.0 Å². The summed E-state index contributed by atoms with van der Waals surface area (Å²) in [4.78, 5) is 13.3. The zero-order valence-electron chi connectivity index (χ0n) is 46.4. The van der Waals surface area contributed by atoms with Crippen LogP contribution in [0.25, 0.3) is 98.8 Å². The van der Waals surface area contributed by atoms with Gasteiger partial charge in [-0.1, -0.05) is 0 Å². The van der Waals surface area contributed by atoms with Crippen molar-refractivity contribution < 1.29 is 128 Å². The maximum Gasteiger partial charge on any atom is 0.208 e. The highest BCUT2D eigenvalue weighted by atomic mass is 32.1. The Balaban J connectivity index is 1.34. The number of nitrogens with zero attached hydrogens (tertiary/aromatic N) is 3. The van der Waals surface area contributed by atoms with Crippen LogP contribution in [0.5, 0.6) is 144 Å². The molecule has 0 aliphatic carbocycles. The molecule has 0 aliphatic heterocycles. The molecule has 2 aromatic heterocycles. The van der Waals surface area contributed by atoms with E-state index in [1.54, 1.807) is 0 Å². The molecule has 0 bridgehead atoms. The lowest BCUT2D eigenvalue weighted by atomic mass is 9.73. The molecule has 0 amide bonds. The zero-order valence-corrected chi connectivity index (χ0v) is 47.2. The van der Waals surface area contributed by atoms with E-state index in [1.807, 2.05) is 0 Å². The van der Waals surface area contributed by atoms with E-state index in [0.29, 0.717) is 11.3 Å². The minimum atomic E-state index is -1.47. The van der Waals surface area contributed by atoms with Gasteiger partial charge in [0.15, 0.2) is 98.0 Å². The third kappa shape index (κ3) is 7.71. The van der Waals surface area contributed by atoms with E-state index in [9.17, 15) is 128 Å². The van der Waals surface area contributed by atoms with Crippen molar-refractivity contribution in [3.05, 3.63) is 0 Å². The highest BCUT2D eigenvalue weighted by molar-refractivity contribution is 7.27. The van der Waals surface area contributed by atoms with Gasteiger partial charge in [0.2, 0.25) is 34.5 Å². The Morgan fingerprint density at radius 3 is 0.886 bits per heavy atom. The topological polar surface area (TPSA) is 544 Å². The lowest BCUT2D eigenvalue weighted by Gasteiger charge is -2.23. The van der Waals surface area contributed by atoms with Gasteiger partial charge in [0.05, 0.1) is 48.9 Å². The summed E-state index contributed by atoms with van der Waals surface area (Å²) in [6, 6.07) is 0. The average Bonchev–Trinajstić information content (AvgIpc) is 1.48. The molecule has 8 aromatic carbocycles. The molecule has 37 heteroatoms. The monoisotopic (exact) mass is 1220 g/mol. The minimum Gasteiger partial charge on any atom is -0.508 e. The van der Waals surface area contributed by atoms with Crippen molar-refractivity contribution in [3.8, 4) is 222 Å². The molecule has 440 valence electrons. The second-order valence-corrected chi connectivity index (χ2v) is 21.7.